The van der Waals surface area contributed by atoms with E-state index in [2.05, 4.69) is 10.8 Å². The molecular formula is C13H22N2O3S. The van der Waals surface area contributed by atoms with E-state index in [9.17, 15) is 9.59 Å². The number of esters is 1. The molecule has 0 saturated carbocycles. The molecule has 0 aromatic heterocycles. The van der Waals surface area contributed by atoms with Crippen molar-refractivity contribution in [1.82, 2.24) is 4.90 Å². The maximum Gasteiger partial charge on any atom is 0.322 e. The van der Waals surface area contributed by atoms with Gasteiger partial charge in [-0.3, -0.25) is 9.59 Å². The van der Waals surface area contributed by atoms with Crippen LogP contribution in [0.2, 0.25) is 0 Å². The van der Waals surface area contributed by atoms with Gasteiger partial charge in [-0.05, 0) is 31.4 Å². The van der Waals surface area contributed by atoms with Gasteiger partial charge in [0.2, 0.25) is 5.91 Å². The minimum absolute atomic E-state index is 0.102. The lowest BCUT2D eigenvalue weighted by Gasteiger charge is -2.18. The first kappa shape index (κ1) is 16.0. The molecule has 2 N–H and O–H groups in total. The Labute approximate surface area is 118 Å². The molecule has 0 spiro atoms. The summed E-state index contributed by atoms with van der Waals surface area (Å²) in [5.74, 6) is 0.793. The van der Waals surface area contributed by atoms with Crippen molar-refractivity contribution < 1.29 is 14.3 Å². The summed E-state index contributed by atoms with van der Waals surface area (Å²) in [5, 5.41) is 0. The summed E-state index contributed by atoms with van der Waals surface area (Å²) in [7, 11) is 3.14. The third-order valence-electron chi connectivity index (χ3n) is 3.12. The van der Waals surface area contributed by atoms with Crippen LogP contribution in [0.25, 0.3) is 0 Å². The number of ether oxygens (including phenoxy) is 1. The first-order chi connectivity index (χ1) is 9.06. The third-order valence-corrected chi connectivity index (χ3v) is 4.10. The van der Waals surface area contributed by atoms with Crippen molar-refractivity contribution >= 4 is 23.6 Å². The molecule has 5 nitrogen and oxygen atoms in total. The quantitative estimate of drug-likeness (QED) is 0.561. The zero-order valence-corrected chi connectivity index (χ0v) is 12.4. The van der Waals surface area contributed by atoms with Gasteiger partial charge in [-0.1, -0.05) is 6.08 Å². The Morgan fingerprint density at radius 1 is 1.58 bits per heavy atom. The Kier molecular flexibility index (Phi) is 6.94. The molecule has 0 aromatic rings. The molecular weight excluding hydrogens is 264 g/mol. The number of hydrogen-bond acceptors (Lipinski definition) is 5. The molecule has 1 rings (SSSR count). The summed E-state index contributed by atoms with van der Waals surface area (Å²) < 4.78 is 4.54. The second-order valence-corrected chi connectivity index (χ2v) is 5.62. The van der Waals surface area contributed by atoms with Crippen molar-refractivity contribution in [1.29, 1.82) is 0 Å². The normalized spacial score (nSPS) is 15.8. The molecule has 0 heterocycles. The number of allylic oxidation sites excluding steroid dienone is 2. The third kappa shape index (κ3) is 5.24. The fourth-order valence-corrected chi connectivity index (χ4v) is 2.79. The second kappa shape index (κ2) is 8.22. The molecule has 0 saturated heterocycles. The van der Waals surface area contributed by atoms with Crippen molar-refractivity contribution in [2.24, 2.45) is 5.73 Å². The lowest BCUT2D eigenvalue weighted by atomic mass is 10.2. The molecule has 1 aliphatic rings. The zero-order chi connectivity index (χ0) is 14.3. The van der Waals surface area contributed by atoms with E-state index < -0.39 is 12.0 Å². The van der Waals surface area contributed by atoms with Gasteiger partial charge in [0.05, 0.1) is 12.9 Å². The summed E-state index contributed by atoms with van der Waals surface area (Å²) in [6.45, 7) is 0. The molecule has 6 heteroatoms. The molecule has 0 aliphatic heterocycles. The van der Waals surface area contributed by atoms with Crippen molar-refractivity contribution in [2.45, 2.75) is 31.7 Å². The van der Waals surface area contributed by atoms with E-state index in [1.54, 1.807) is 4.90 Å². The Balaban J connectivity index is 2.18. The van der Waals surface area contributed by atoms with Gasteiger partial charge in [0.25, 0.3) is 0 Å². The van der Waals surface area contributed by atoms with Gasteiger partial charge in [0.1, 0.15) is 6.04 Å². The average molecular weight is 286 g/mol. The van der Waals surface area contributed by atoms with Gasteiger partial charge in [0, 0.05) is 12.7 Å². The number of carbonyl (C=O) groups is 2. The van der Waals surface area contributed by atoms with Gasteiger partial charge in [-0.15, -0.1) is 0 Å². The van der Waals surface area contributed by atoms with Gasteiger partial charge in [-0.25, -0.2) is 0 Å². The molecule has 0 aromatic carbocycles. The number of nitrogens with two attached hydrogens (primary N) is 1. The molecule has 19 heavy (non-hydrogen) atoms. The maximum absolute atomic E-state index is 11.9. The van der Waals surface area contributed by atoms with Crippen molar-refractivity contribution in [3.8, 4) is 0 Å². The number of amides is 1. The van der Waals surface area contributed by atoms with Gasteiger partial charge < -0.3 is 15.4 Å². The zero-order valence-electron chi connectivity index (χ0n) is 11.6. The summed E-state index contributed by atoms with van der Waals surface area (Å²) in [6, 6.07) is -0.595. The Morgan fingerprint density at radius 2 is 2.32 bits per heavy atom. The lowest BCUT2D eigenvalue weighted by molar-refractivity contribution is -0.142. The van der Waals surface area contributed by atoms with Crippen LogP contribution in [-0.2, 0) is 14.3 Å². The van der Waals surface area contributed by atoms with E-state index in [0.29, 0.717) is 17.9 Å². The number of nitrogens with zero attached hydrogens (tertiary/aromatic N) is 1. The molecule has 0 radical (unpaired) electrons. The van der Waals surface area contributed by atoms with Crippen LogP contribution in [-0.4, -0.2) is 48.5 Å². The predicted octanol–water partition coefficient (Wildman–Crippen LogP) is 1.14. The molecule has 1 atom stereocenters. The highest BCUT2D eigenvalue weighted by molar-refractivity contribution is 7.99. The van der Waals surface area contributed by atoms with Crippen molar-refractivity contribution in [2.75, 3.05) is 25.7 Å². The molecule has 0 fully saturated rings. The summed E-state index contributed by atoms with van der Waals surface area (Å²) in [6.07, 6.45) is 5.83. The molecule has 1 unspecified atom stereocenters. The standard InChI is InChI=1S/C13H22N2O3S/c1-15(10-5-3-4-6-10)12(16)9-19-8-7-11(14)13(17)18-2/h5,11H,3-4,6-9,14H2,1-2H3. The molecule has 1 amide bonds. The Morgan fingerprint density at radius 3 is 2.89 bits per heavy atom. The van der Waals surface area contributed by atoms with Crippen LogP contribution in [0.3, 0.4) is 0 Å². The van der Waals surface area contributed by atoms with E-state index in [-0.39, 0.29) is 5.91 Å². The minimum atomic E-state index is -0.595. The van der Waals surface area contributed by atoms with Crippen LogP contribution in [0.4, 0.5) is 0 Å². The Bertz CT molecular complexity index is 358. The fourth-order valence-electron chi connectivity index (χ4n) is 1.85. The number of rotatable bonds is 7. The highest BCUT2D eigenvalue weighted by Crippen LogP contribution is 2.21. The van der Waals surface area contributed by atoms with Gasteiger partial charge in [0.15, 0.2) is 0 Å². The number of hydrogen-bond donors (Lipinski definition) is 1. The van der Waals surface area contributed by atoms with E-state index in [1.807, 2.05) is 7.05 Å². The minimum Gasteiger partial charge on any atom is -0.468 e. The number of carbonyl (C=O) groups excluding carboxylic acids is 2. The van der Waals surface area contributed by atoms with Gasteiger partial charge in [-0.2, -0.15) is 11.8 Å². The van der Waals surface area contributed by atoms with Crippen LogP contribution < -0.4 is 5.73 Å². The predicted molar refractivity (Wildman–Crippen MR) is 76.6 cm³/mol. The number of methoxy groups -OCH3 is 1. The topological polar surface area (TPSA) is 72.6 Å². The molecule has 0 bridgehead atoms. The molecule has 108 valence electrons. The van der Waals surface area contributed by atoms with Crippen molar-refractivity contribution in [3.63, 3.8) is 0 Å². The average Bonchev–Trinajstić information content (AvgIpc) is 2.95. The largest absolute Gasteiger partial charge is 0.468 e. The monoisotopic (exact) mass is 286 g/mol. The van der Waals surface area contributed by atoms with E-state index in [4.69, 9.17) is 5.73 Å². The highest BCUT2D eigenvalue weighted by atomic mass is 32.2. The van der Waals surface area contributed by atoms with Crippen molar-refractivity contribution in [3.05, 3.63) is 11.8 Å². The van der Waals surface area contributed by atoms with E-state index in [1.165, 1.54) is 18.9 Å². The summed E-state index contributed by atoms with van der Waals surface area (Å²) >= 11 is 1.50. The van der Waals surface area contributed by atoms with Crippen LogP contribution in [0.15, 0.2) is 11.8 Å². The summed E-state index contributed by atoms with van der Waals surface area (Å²) in [5.41, 5.74) is 6.73. The first-order valence-electron chi connectivity index (χ1n) is 6.43. The smallest absolute Gasteiger partial charge is 0.322 e. The maximum atomic E-state index is 11.9. The van der Waals surface area contributed by atoms with Crippen LogP contribution in [0.5, 0.6) is 0 Å². The first-order valence-corrected chi connectivity index (χ1v) is 7.58. The lowest BCUT2D eigenvalue weighted by Crippen LogP contribution is -2.32. The van der Waals surface area contributed by atoms with Gasteiger partial charge >= 0.3 is 5.97 Å². The SMILES string of the molecule is COC(=O)C(N)CCSCC(=O)N(C)C1=CCCC1. The summed E-state index contributed by atoms with van der Waals surface area (Å²) in [4.78, 5) is 24.7. The Hall–Kier alpha value is -1.01. The van der Waals surface area contributed by atoms with Crippen LogP contribution in [0, 0.1) is 0 Å². The second-order valence-electron chi connectivity index (χ2n) is 4.51. The fraction of sp³-hybridized carbons (Fsp3) is 0.692. The van der Waals surface area contributed by atoms with E-state index in [0.717, 1.165) is 25.0 Å². The van der Waals surface area contributed by atoms with Crippen LogP contribution >= 0.6 is 11.8 Å². The van der Waals surface area contributed by atoms with Crippen LogP contribution in [0.1, 0.15) is 25.7 Å². The highest BCUT2D eigenvalue weighted by Gasteiger charge is 2.17. The number of thioether (sulfide) groups is 1. The molecule has 1 aliphatic carbocycles. The van der Waals surface area contributed by atoms with E-state index >= 15 is 0 Å².